The van der Waals surface area contributed by atoms with E-state index in [4.69, 9.17) is 11.6 Å². The van der Waals surface area contributed by atoms with E-state index in [9.17, 15) is 10.1 Å². The van der Waals surface area contributed by atoms with Gasteiger partial charge >= 0.3 is 0 Å². The average Bonchev–Trinajstić information content (AvgIpc) is 2.27. The fraction of sp³-hybridized carbons (Fsp3) is 0.500. The lowest BCUT2D eigenvalue weighted by atomic mass is 10.1. The van der Waals surface area contributed by atoms with Crippen molar-refractivity contribution in [3.05, 3.63) is 33.3 Å². The summed E-state index contributed by atoms with van der Waals surface area (Å²) in [6, 6.07) is 5.24. The number of nitrogens with zero attached hydrogens (tertiary/aromatic N) is 2. The zero-order chi connectivity index (χ0) is 13.3. The standard InChI is InChI=1S/C12H16ClN3O2/c1-8-6-15(7-9(2)14-8)12-5-10(16(17)18)3-4-11(12)13/h3-5,8-9,14H,6-7H2,1-2H3/t8-,9-/m1/s1. The number of nitro benzene ring substituents is 1. The van der Waals surface area contributed by atoms with E-state index in [-0.39, 0.29) is 5.69 Å². The summed E-state index contributed by atoms with van der Waals surface area (Å²) in [6.07, 6.45) is 0. The smallest absolute Gasteiger partial charge is 0.271 e. The van der Waals surface area contributed by atoms with Crippen molar-refractivity contribution >= 4 is 23.0 Å². The number of non-ortho nitro benzene ring substituents is 1. The van der Waals surface area contributed by atoms with Crippen molar-refractivity contribution in [2.75, 3.05) is 18.0 Å². The van der Waals surface area contributed by atoms with Crippen molar-refractivity contribution in [2.45, 2.75) is 25.9 Å². The Kier molecular flexibility index (Phi) is 3.73. The van der Waals surface area contributed by atoms with Crippen molar-refractivity contribution in [2.24, 2.45) is 0 Å². The second-order valence-corrected chi connectivity index (χ2v) is 5.17. The topological polar surface area (TPSA) is 58.4 Å². The Balaban J connectivity index is 2.31. The third kappa shape index (κ3) is 2.73. The van der Waals surface area contributed by atoms with Gasteiger partial charge in [0.15, 0.2) is 0 Å². The molecule has 1 heterocycles. The van der Waals surface area contributed by atoms with E-state index in [1.165, 1.54) is 6.07 Å². The number of rotatable bonds is 2. The highest BCUT2D eigenvalue weighted by Crippen LogP contribution is 2.31. The Labute approximate surface area is 111 Å². The molecule has 98 valence electrons. The molecule has 2 rings (SSSR count). The number of halogens is 1. The number of anilines is 1. The van der Waals surface area contributed by atoms with Gasteiger partial charge in [0.2, 0.25) is 0 Å². The Morgan fingerprint density at radius 2 is 2.00 bits per heavy atom. The highest BCUT2D eigenvalue weighted by atomic mass is 35.5. The fourth-order valence-corrected chi connectivity index (χ4v) is 2.62. The van der Waals surface area contributed by atoms with Gasteiger partial charge in [-0.05, 0) is 19.9 Å². The predicted octanol–water partition coefficient (Wildman–Crippen LogP) is 2.43. The van der Waals surface area contributed by atoms with Gasteiger partial charge in [-0.1, -0.05) is 11.6 Å². The first kappa shape index (κ1) is 13.1. The van der Waals surface area contributed by atoms with Gasteiger partial charge in [0.1, 0.15) is 0 Å². The average molecular weight is 270 g/mol. The lowest BCUT2D eigenvalue weighted by Gasteiger charge is -2.37. The fourth-order valence-electron chi connectivity index (χ4n) is 2.38. The molecule has 1 aliphatic heterocycles. The van der Waals surface area contributed by atoms with E-state index in [0.717, 1.165) is 18.8 Å². The van der Waals surface area contributed by atoms with Crippen molar-refractivity contribution in [1.29, 1.82) is 0 Å². The largest absolute Gasteiger partial charge is 0.367 e. The molecule has 0 saturated carbocycles. The van der Waals surface area contributed by atoms with Crippen LogP contribution in [-0.2, 0) is 0 Å². The first-order valence-electron chi connectivity index (χ1n) is 5.92. The highest BCUT2D eigenvalue weighted by molar-refractivity contribution is 6.33. The van der Waals surface area contributed by atoms with Gasteiger partial charge in [-0.25, -0.2) is 0 Å². The number of hydrogen-bond acceptors (Lipinski definition) is 4. The van der Waals surface area contributed by atoms with Crippen LogP contribution in [0.1, 0.15) is 13.8 Å². The van der Waals surface area contributed by atoms with E-state index < -0.39 is 4.92 Å². The maximum absolute atomic E-state index is 10.8. The molecule has 6 heteroatoms. The SMILES string of the molecule is C[C@@H]1CN(c2cc([N+](=O)[O-])ccc2Cl)C[C@@H](C)N1. The molecule has 0 amide bonds. The number of nitrogens with one attached hydrogen (secondary N) is 1. The van der Waals surface area contributed by atoms with Crippen LogP contribution in [0.25, 0.3) is 0 Å². The molecule has 0 bridgehead atoms. The summed E-state index contributed by atoms with van der Waals surface area (Å²) < 4.78 is 0. The number of hydrogen-bond donors (Lipinski definition) is 1. The van der Waals surface area contributed by atoms with Gasteiger partial charge in [-0.3, -0.25) is 10.1 Å². The molecule has 0 spiro atoms. The second kappa shape index (κ2) is 5.12. The summed E-state index contributed by atoms with van der Waals surface area (Å²) in [6.45, 7) is 5.78. The van der Waals surface area contributed by atoms with Crippen molar-refractivity contribution in [1.82, 2.24) is 5.32 Å². The molecule has 18 heavy (non-hydrogen) atoms. The van der Waals surface area contributed by atoms with E-state index >= 15 is 0 Å². The van der Waals surface area contributed by atoms with Crippen LogP contribution in [0.15, 0.2) is 18.2 Å². The van der Waals surface area contributed by atoms with E-state index in [1.807, 2.05) is 0 Å². The third-order valence-electron chi connectivity index (χ3n) is 3.04. The van der Waals surface area contributed by atoms with Crippen LogP contribution in [0.5, 0.6) is 0 Å². The Morgan fingerprint density at radius 3 is 2.56 bits per heavy atom. The Morgan fingerprint density at radius 1 is 1.39 bits per heavy atom. The van der Waals surface area contributed by atoms with Crippen molar-refractivity contribution < 1.29 is 4.92 Å². The summed E-state index contributed by atoms with van der Waals surface area (Å²) in [5.74, 6) is 0. The molecule has 0 unspecified atom stereocenters. The molecule has 1 saturated heterocycles. The predicted molar refractivity (Wildman–Crippen MR) is 72.4 cm³/mol. The van der Waals surface area contributed by atoms with Crippen molar-refractivity contribution in [3.8, 4) is 0 Å². The van der Waals surface area contributed by atoms with Crippen LogP contribution >= 0.6 is 11.6 Å². The Bertz CT molecular complexity index is 457. The van der Waals surface area contributed by atoms with Gasteiger partial charge in [0, 0.05) is 37.3 Å². The molecule has 1 N–H and O–H groups in total. The van der Waals surface area contributed by atoms with E-state index in [1.54, 1.807) is 12.1 Å². The molecule has 0 aliphatic carbocycles. The number of nitro groups is 1. The zero-order valence-electron chi connectivity index (χ0n) is 10.4. The van der Waals surface area contributed by atoms with E-state index in [0.29, 0.717) is 17.1 Å². The Hall–Kier alpha value is -1.33. The molecule has 1 aliphatic rings. The molecule has 5 nitrogen and oxygen atoms in total. The minimum Gasteiger partial charge on any atom is -0.367 e. The van der Waals surface area contributed by atoms with Crippen LogP contribution in [0.3, 0.4) is 0 Å². The van der Waals surface area contributed by atoms with Gasteiger partial charge in [-0.2, -0.15) is 0 Å². The van der Waals surface area contributed by atoms with Crippen LogP contribution in [0.4, 0.5) is 11.4 Å². The minimum absolute atomic E-state index is 0.0771. The van der Waals surface area contributed by atoms with Crippen LogP contribution in [-0.4, -0.2) is 30.1 Å². The third-order valence-corrected chi connectivity index (χ3v) is 3.36. The molecule has 0 aromatic heterocycles. The maximum Gasteiger partial charge on any atom is 0.271 e. The normalized spacial score (nSPS) is 24.1. The quantitative estimate of drug-likeness (QED) is 0.662. The first-order chi connectivity index (χ1) is 8.47. The van der Waals surface area contributed by atoms with Gasteiger partial charge in [-0.15, -0.1) is 0 Å². The van der Waals surface area contributed by atoms with Gasteiger partial charge in [0.05, 0.1) is 15.6 Å². The second-order valence-electron chi connectivity index (χ2n) is 4.77. The summed E-state index contributed by atoms with van der Waals surface area (Å²) in [4.78, 5) is 12.5. The highest BCUT2D eigenvalue weighted by Gasteiger charge is 2.23. The number of piperazine rings is 1. The van der Waals surface area contributed by atoms with Crippen LogP contribution in [0.2, 0.25) is 5.02 Å². The molecular formula is C12H16ClN3O2. The molecule has 1 aromatic rings. The first-order valence-corrected chi connectivity index (χ1v) is 6.30. The number of benzene rings is 1. The molecule has 0 radical (unpaired) electrons. The monoisotopic (exact) mass is 269 g/mol. The summed E-state index contributed by atoms with van der Waals surface area (Å²) in [7, 11) is 0. The van der Waals surface area contributed by atoms with Gasteiger partial charge in [0.25, 0.3) is 5.69 Å². The lowest BCUT2D eigenvalue weighted by molar-refractivity contribution is -0.384. The van der Waals surface area contributed by atoms with Crippen molar-refractivity contribution in [3.63, 3.8) is 0 Å². The lowest BCUT2D eigenvalue weighted by Crippen LogP contribution is -2.54. The zero-order valence-corrected chi connectivity index (χ0v) is 11.1. The molecule has 1 fully saturated rings. The van der Waals surface area contributed by atoms with Gasteiger partial charge < -0.3 is 10.2 Å². The van der Waals surface area contributed by atoms with Crippen LogP contribution < -0.4 is 10.2 Å². The van der Waals surface area contributed by atoms with E-state index in [2.05, 4.69) is 24.1 Å². The molecule has 2 atom stereocenters. The minimum atomic E-state index is -0.394. The summed E-state index contributed by atoms with van der Waals surface area (Å²) >= 11 is 6.14. The summed E-state index contributed by atoms with van der Waals surface area (Å²) in [5, 5.41) is 14.8. The van der Waals surface area contributed by atoms with Crippen LogP contribution in [0, 0.1) is 10.1 Å². The summed E-state index contributed by atoms with van der Waals surface area (Å²) in [5.41, 5.74) is 0.819. The molecule has 1 aromatic carbocycles. The maximum atomic E-state index is 10.8. The molecular weight excluding hydrogens is 254 g/mol.